The van der Waals surface area contributed by atoms with E-state index < -0.39 is 8.07 Å². The van der Waals surface area contributed by atoms with Crippen molar-refractivity contribution in [2.75, 3.05) is 0 Å². The number of thiophene rings is 1. The van der Waals surface area contributed by atoms with E-state index in [9.17, 15) is 9.90 Å². The van der Waals surface area contributed by atoms with Crippen LogP contribution in [0.5, 0.6) is 0 Å². The van der Waals surface area contributed by atoms with Gasteiger partial charge in [0.1, 0.15) is 10.6 Å². The van der Waals surface area contributed by atoms with Crippen LogP contribution in [0.25, 0.3) is 42.7 Å². The predicted octanol–water partition coefficient (Wildman–Crippen LogP) is 11.8. The van der Waals surface area contributed by atoms with Gasteiger partial charge in [-0.1, -0.05) is 133 Å². The van der Waals surface area contributed by atoms with Gasteiger partial charge < -0.3 is 5.11 Å². The topological polar surface area (TPSA) is 50.2 Å². The van der Waals surface area contributed by atoms with Gasteiger partial charge in [0.25, 0.3) is 0 Å². The maximum atomic E-state index is 12.2. The van der Waals surface area contributed by atoms with Crippen molar-refractivity contribution in [3.8, 4) is 21.7 Å². The molecule has 0 aliphatic heterocycles. The summed E-state index contributed by atoms with van der Waals surface area (Å²) in [5.41, 5.74) is 2.74. The van der Waals surface area contributed by atoms with Crippen LogP contribution in [0, 0.1) is 16.9 Å². The first-order chi connectivity index (χ1) is 21.8. The van der Waals surface area contributed by atoms with Crippen molar-refractivity contribution in [1.29, 1.82) is 0 Å². The van der Waals surface area contributed by atoms with Crippen LogP contribution < -0.4 is 5.19 Å². The largest absolute Gasteiger partial charge is 0.512 e. The van der Waals surface area contributed by atoms with Gasteiger partial charge in [-0.2, -0.15) is 0 Å². The standard InChI is InChI=1S/C26H22NSSi.C15H28O2.Ir/c1-29(2,3)25-17-21(15-19-11-7-8-12-22(19)25)23-14-13-20-16-24(28-26(20)27-23)18-9-5-4-6-10-18;1-7-14(5,8-2)12(16)11-13(17)15(6,9-3)10-4;/h4-14,16-17H,1-3H3;11,16H,7-10H2,1-6H3;/q-1;;/b;12-11-;. The maximum Gasteiger partial charge on any atom is 0.164 e. The van der Waals surface area contributed by atoms with E-state index in [0.29, 0.717) is 0 Å². The summed E-state index contributed by atoms with van der Waals surface area (Å²) in [6.07, 6.45) is 4.75. The molecular formula is C41H50IrNO2SSi-. The molecule has 3 nitrogen and oxygen atoms in total. The molecule has 0 fully saturated rings. The fourth-order valence-corrected chi connectivity index (χ4v) is 8.12. The molecule has 5 aromatic rings. The van der Waals surface area contributed by atoms with Gasteiger partial charge in [0, 0.05) is 53.0 Å². The molecule has 2 aromatic heterocycles. The summed E-state index contributed by atoms with van der Waals surface area (Å²) in [5, 5.41) is 15.3. The van der Waals surface area contributed by atoms with Crippen LogP contribution in [0.15, 0.2) is 90.7 Å². The Bertz CT molecular complexity index is 1830. The number of allylic oxidation sites excluding steroid dienone is 2. The number of benzene rings is 3. The van der Waals surface area contributed by atoms with Crippen LogP contribution in [0.4, 0.5) is 0 Å². The van der Waals surface area contributed by atoms with E-state index in [1.54, 1.807) is 11.3 Å². The molecular weight excluding hydrogens is 791 g/mol. The zero-order chi connectivity index (χ0) is 33.7. The Morgan fingerprint density at radius 2 is 1.45 bits per heavy atom. The van der Waals surface area contributed by atoms with Crippen molar-refractivity contribution in [3.05, 3.63) is 96.8 Å². The second kappa shape index (κ2) is 16.0. The molecule has 47 heavy (non-hydrogen) atoms. The van der Waals surface area contributed by atoms with Gasteiger partial charge in [-0.15, -0.1) is 40.1 Å². The number of fused-ring (bicyclic) bond motifs is 2. The van der Waals surface area contributed by atoms with Crippen LogP contribution in [0.1, 0.15) is 67.2 Å². The molecule has 6 heteroatoms. The molecule has 3 aromatic carbocycles. The van der Waals surface area contributed by atoms with Gasteiger partial charge in [-0.25, -0.2) is 0 Å². The van der Waals surface area contributed by atoms with Gasteiger partial charge in [0.05, 0.1) is 8.07 Å². The van der Waals surface area contributed by atoms with Gasteiger partial charge >= 0.3 is 0 Å². The molecule has 0 atom stereocenters. The van der Waals surface area contributed by atoms with E-state index >= 15 is 0 Å². The Kier molecular flexibility index (Phi) is 13.1. The zero-order valence-corrected chi connectivity index (χ0v) is 33.7. The van der Waals surface area contributed by atoms with Crippen molar-refractivity contribution < 1.29 is 30.0 Å². The summed E-state index contributed by atoms with van der Waals surface area (Å²) in [4.78, 5) is 19.5. The minimum atomic E-state index is -1.50. The quantitative estimate of drug-likeness (QED) is 0.0660. The second-order valence-corrected chi connectivity index (χ2v) is 20.0. The maximum absolute atomic E-state index is 12.2. The van der Waals surface area contributed by atoms with Crippen LogP contribution in [-0.4, -0.2) is 23.9 Å². The molecule has 5 rings (SSSR count). The fraction of sp³-hybridized carbons (Fsp3) is 0.366. The predicted molar refractivity (Wildman–Crippen MR) is 203 cm³/mol. The summed E-state index contributed by atoms with van der Waals surface area (Å²) in [5.74, 6) is 0.286. The summed E-state index contributed by atoms with van der Waals surface area (Å²) >= 11 is 1.76. The minimum absolute atomic E-state index is 0. The third kappa shape index (κ3) is 8.78. The van der Waals surface area contributed by atoms with Crippen LogP contribution in [-0.2, 0) is 24.9 Å². The van der Waals surface area contributed by atoms with E-state index in [0.717, 1.165) is 41.8 Å². The first-order valence-corrected chi connectivity index (χ1v) is 21.0. The first-order valence-electron chi connectivity index (χ1n) is 16.7. The van der Waals surface area contributed by atoms with E-state index in [1.165, 1.54) is 37.9 Å². The molecule has 0 saturated heterocycles. The van der Waals surface area contributed by atoms with Crippen molar-refractivity contribution >= 4 is 51.4 Å². The molecule has 0 amide bonds. The number of aliphatic hydroxyl groups is 1. The second-order valence-electron chi connectivity index (χ2n) is 13.9. The Labute approximate surface area is 300 Å². The number of aliphatic hydroxyl groups excluding tert-OH is 1. The van der Waals surface area contributed by atoms with Crippen molar-refractivity contribution in [3.63, 3.8) is 0 Å². The van der Waals surface area contributed by atoms with Gasteiger partial charge in [0.15, 0.2) is 5.78 Å². The first kappa shape index (κ1) is 38.6. The SMILES string of the molecule is CCC(C)(CC)C(=O)/C=C(\O)C(C)(CC)CC.C[Si](C)(C)c1cc(-c2ccc3cc(-c4ccccc4)sc3n2)[c-]c2ccccc12.[Ir]. The number of aromatic nitrogens is 1. The average Bonchev–Trinajstić information content (AvgIpc) is 3.51. The Morgan fingerprint density at radius 3 is 2.04 bits per heavy atom. The van der Waals surface area contributed by atoms with Gasteiger partial charge in [-0.3, -0.25) is 9.78 Å². The molecule has 0 aliphatic carbocycles. The molecule has 0 aliphatic rings. The number of pyridine rings is 1. The number of hydrogen-bond donors (Lipinski definition) is 1. The summed E-state index contributed by atoms with van der Waals surface area (Å²) in [7, 11) is -1.50. The Hall–Kier alpha value is -2.89. The van der Waals surface area contributed by atoms with E-state index in [1.807, 2.05) is 41.5 Å². The van der Waals surface area contributed by atoms with E-state index in [-0.39, 0.29) is 42.5 Å². The van der Waals surface area contributed by atoms with E-state index in [4.69, 9.17) is 4.98 Å². The zero-order valence-electron chi connectivity index (χ0n) is 29.5. The normalized spacial score (nSPS) is 12.4. The monoisotopic (exact) mass is 841 g/mol. The number of nitrogens with zero attached hydrogens (tertiary/aromatic N) is 1. The van der Waals surface area contributed by atoms with Gasteiger partial charge in [-0.05, 0) is 37.3 Å². The fourth-order valence-electron chi connectivity index (χ4n) is 5.48. The number of carbonyl (C=O) groups excluding carboxylic acids is 1. The number of rotatable bonds is 10. The van der Waals surface area contributed by atoms with Crippen molar-refractivity contribution in [1.82, 2.24) is 4.98 Å². The average molecular weight is 841 g/mol. The molecule has 1 radical (unpaired) electrons. The number of carbonyl (C=O) groups is 1. The Morgan fingerprint density at radius 1 is 0.851 bits per heavy atom. The minimum Gasteiger partial charge on any atom is -0.512 e. The Balaban J connectivity index is 0.000000290. The molecule has 251 valence electrons. The van der Waals surface area contributed by atoms with Crippen molar-refractivity contribution in [2.45, 2.75) is 86.9 Å². The van der Waals surface area contributed by atoms with Crippen molar-refractivity contribution in [2.24, 2.45) is 10.8 Å². The number of ketones is 1. The molecule has 2 heterocycles. The number of hydrogen-bond acceptors (Lipinski definition) is 4. The van der Waals surface area contributed by atoms with Crippen LogP contribution in [0.3, 0.4) is 0 Å². The molecule has 0 bridgehead atoms. The third-order valence-corrected chi connectivity index (χ3v) is 13.0. The van der Waals surface area contributed by atoms with E-state index in [2.05, 4.69) is 105 Å². The van der Waals surface area contributed by atoms with Crippen LogP contribution in [0.2, 0.25) is 19.6 Å². The molecule has 0 spiro atoms. The van der Waals surface area contributed by atoms with Gasteiger partial charge in [0.2, 0.25) is 0 Å². The molecule has 0 saturated carbocycles. The summed E-state index contributed by atoms with van der Waals surface area (Å²) in [6, 6.07) is 31.7. The summed E-state index contributed by atoms with van der Waals surface area (Å²) in [6.45, 7) is 19.3. The smallest absolute Gasteiger partial charge is 0.164 e. The molecule has 0 unspecified atom stereocenters. The summed E-state index contributed by atoms with van der Waals surface area (Å²) < 4.78 is 0. The van der Waals surface area contributed by atoms with Crippen LogP contribution >= 0.6 is 11.3 Å². The molecule has 1 N–H and O–H groups in total. The third-order valence-electron chi connectivity index (χ3n) is 9.90.